The van der Waals surface area contributed by atoms with Crippen molar-refractivity contribution in [2.45, 2.75) is 5.50 Å². The zero-order chi connectivity index (χ0) is 9.14. The number of benzene rings is 1. The van der Waals surface area contributed by atoms with Crippen LogP contribution in [0.15, 0.2) is 28.7 Å². The van der Waals surface area contributed by atoms with Crippen LogP contribution in [0.25, 0.3) is 0 Å². The van der Waals surface area contributed by atoms with E-state index in [1.165, 1.54) is 0 Å². The Morgan fingerprint density at radius 3 is 2.58 bits per heavy atom. The zero-order valence-corrected chi connectivity index (χ0v) is 8.47. The van der Waals surface area contributed by atoms with Gasteiger partial charge in [-0.15, -0.1) is 0 Å². The second kappa shape index (κ2) is 4.03. The third kappa shape index (κ3) is 2.06. The summed E-state index contributed by atoms with van der Waals surface area (Å²) in [5.41, 5.74) is 4.78. The summed E-state index contributed by atoms with van der Waals surface area (Å²) in [6.45, 7) is 0. The molecule has 0 aliphatic carbocycles. The summed E-state index contributed by atoms with van der Waals surface area (Å²) in [7, 11) is 0. The first-order valence-electron chi connectivity index (χ1n) is 3.31. The first-order valence-corrected chi connectivity index (χ1v) is 4.54. The van der Waals surface area contributed by atoms with Gasteiger partial charge >= 0.3 is 0 Å². The third-order valence-corrected chi connectivity index (χ3v) is 2.28. The van der Waals surface area contributed by atoms with Gasteiger partial charge in [-0.25, -0.2) is 0 Å². The number of carbonyl (C=O) groups is 1. The van der Waals surface area contributed by atoms with Crippen molar-refractivity contribution in [2.24, 2.45) is 5.73 Å². The third-order valence-electron chi connectivity index (χ3n) is 1.39. The Morgan fingerprint density at radius 1 is 1.50 bits per heavy atom. The highest BCUT2D eigenvalue weighted by atomic mass is 79.9. The molecule has 1 unspecified atom stereocenters. The highest BCUT2D eigenvalue weighted by Crippen LogP contribution is 2.17. The van der Waals surface area contributed by atoms with Crippen LogP contribution in [0.4, 0.5) is 0 Å². The van der Waals surface area contributed by atoms with Gasteiger partial charge in [-0.2, -0.15) is 0 Å². The molecule has 0 saturated carbocycles. The summed E-state index contributed by atoms with van der Waals surface area (Å²) in [4.78, 5) is 11.3. The Kier molecular flexibility index (Phi) is 3.26. The van der Waals surface area contributed by atoms with Crippen molar-refractivity contribution in [3.05, 3.63) is 34.3 Å². The summed E-state index contributed by atoms with van der Waals surface area (Å²) >= 11 is 8.67. The van der Waals surface area contributed by atoms with Gasteiger partial charge in [0.1, 0.15) is 5.50 Å². The maximum atomic E-state index is 11.3. The summed E-state index contributed by atoms with van der Waals surface area (Å²) in [5, 5.41) is 0. The molecule has 0 bridgehead atoms. The van der Waals surface area contributed by atoms with Crippen molar-refractivity contribution in [1.29, 1.82) is 0 Å². The molecule has 0 saturated heterocycles. The summed E-state index contributed by atoms with van der Waals surface area (Å²) in [6.07, 6.45) is 0. The molecule has 0 fully saturated rings. The second-order valence-electron chi connectivity index (χ2n) is 2.25. The van der Waals surface area contributed by atoms with Crippen molar-refractivity contribution in [2.75, 3.05) is 0 Å². The van der Waals surface area contributed by atoms with E-state index in [9.17, 15) is 4.79 Å². The van der Waals surface area contributed by atoms with Crippen LogP contribution in [0.3, 0.4) is 0 Å². The van der Waals surface area contributed by atoms with E-state index in [4.69, 9.17) is 17.3 Å². The quantitative estimate of drug-likeness (QED) is 0.495. The Bertz CT molecular complexity index is 301. The molecule has 1 aromatic carbocycles. The van der Waals surface area contributed by atoms with Crippen molar-refractivity contribution in [3.63, 3.8) is 0 Å². The monoisotopic (exact) mass is 247 g/mol. The SMILES string of the molecule is NC(Cl)C(=O)c1ccccc1Br. The van der Waals surface area contributed by atoms with E-state index in [-0.39, 0.29) is 5.78 Å². The number of alkyl halides is 1. The zero-order valence-electron chi connectivity index (χ0n) is 6.13. The number of ketones is 1. The van der Waals surface area contributed by atoms with E-state index in [2.05, 4.69) is 15.9 Å². The van der Waals surface area contributed by atoms with E-state index in [0.717, 1.165) is 0 Å². The number of nitrogens with two attached hydrogens (primary N) is 1. The molecule has 1 rings (SSSR count). The van der Waals surface area contributed by atoms with Gasteiger partial charge < -0.3 is 5.73 Å². The fourth-order valence-electron chi connectivity index (χ4n) is 0.810. The molecule has 0 aliphatic heterocycles. The van der Waals surface area contributed by atoms with Gasteiger partial charge in [0.2, 0.25) is 0 Å². The fourth-order valence-corrected chi connectivity index (χ4v) is 1.41. The van der Waals surface area contributed by atoms with E-state index in [1.807, 2.05) is 6.07 Å². The van der Waals surface area contributed by atoms with Crippen LogP contribution in [0.5, 0.6) is 0 Å². The largest absolute Gasteiger partial charge is 0.309 e. The average molecular weight is 249 g/mol. The molecular weight excluding hydrogens is 241 g/mol. The van der Waals surface area contributed by atoms with Crippen LogP contribution >= 0.6 is 27.5 Å². The molecule has 64 valence electrons. The van der Waals surface area contributed by atoms with Gasteiger partial charge in [0.25, 0.3) is 0 Å². The maximum absolute atomic E-state index is 11.3. The Hall–Kier alpha value is -0.380. The molecule has 2 N–H and O–H groups in total. The van der Waals surface area contributed by atoms with Crippen molar-refractivity contribution >= 4 is 33.3 Å². The summed E-state index contributed by atoms with van der Waals surface area (Å²) in [6, 6.07) is 7.03. The van der Waals surface area contributed by atoms with E-state index in [0.29, 0.717) is 10.0 Å². The van der Waals surface area contributed by atoms with Crippen molar-refractivity contribution in [3.8, 4) is 0 Å². The Morgan fingerprint density at radius 2 is 2.08 bits per heavy atom. The van der Waals surface area contributed by atoms with E-state index in [1.54, 1.807) is 18.2 Å². The predicted octanol–water partition coefficient (Wildman–Crippen LogP) is 2.16. The smallest absolute Gasteiger partial charge is 0.195 e. The van der Waals surface area contributed by atoms with E-state index >= 15 is 0 Å². The van der Waals surface area contributed by atoms with Gasteiger partial charge in [-0.1, -0.05) is 45.7 Å². The number of Topliss-reactive ketones (excluding diaryl/α,β-unsaturated/α-hetero) is 1. The lowest BCUT2D eigenvalue weighted by Gasteiger charge is -2.03. The molecular formula is C8H7BrClNO. The molecule has 0 heterocycles. The number of hydrogen-bond acceptors (Lipinski definition) is 2. The van der Waals surface area contributed by atoms with Gasteiger partial charge in [-0.05, 0) is 6.07 Å². The average Bonchev–Trinajstić information content (AvgIpc) is 2.04. The molecule has 1 aromatic rings. The standard InChI is InChI=1S/C8H7BrClNO/c9-6-4-2-1-3-5(6)7(12)8(10)11/h1-4,8H,11H2. The molecule has 0 aromatic heterocycles. The van der Waals surface area contributed by atoms with Crippen LogP contribution in [0, 0.1) is 0 Å². The maximum Gasteiger partial charge on any atom is 0.195 e. The van der Waals surface area contributed by atoms with Gasteiger partial charge in [0.15, 0.2) is 5.78 Å². The van der Waals surface area contributed by atoms with Crippen molar-refractivity contribution in [1.82, 2.24) is 0 Å². The van der Waals surface area contributed by atoms with Gasteiger partial charge in [0.05, 0.1) is 0 Å². The minimum atomic E-state index is -0.969. The molecule has 12 heavy (non-hydrogen) atoms. The van der Waals surface area contributed by atoms with Gasteiger partial charge in [0, 0.05) is 10.0 Å². The number of halogens is 2. The Balaban J connectivity index is 3.03. The van der Waals surface area contributed by atoms with E-state index < -0.39 is 5.50 Å². The molecule has 0 aliphatic rings. The summed E-state index contributed by atoms with van der Waals surface area (Å²) in [5.74, 6) is -0.274. The highest BCUT2D eigenvalue weighted by Gasteiger charge is 2.14. The molecule has 4 heteroatoms. The first kappa shape index (κ1) is 9.71. The predicted molar refractivity (Wildman–Crippen MR) is 52.3 cm³/mol. The summed E-state index contributed by atoms with van der Waals surface area (Å²) < 4.78 is 0.714. The normalized spacial score (nSPS) is 12.6. The van der Waals surface area contributed by atoms with Gasteiger partial charge in [-0.3, -0.25) is 4.79 Å². The number of hydrogen-bond donors (Lipinski definition) is 1. The van der Waals surface area contributed by atoms with Crippen LogP contribution in [0.1, 0.15) is 10.4 Å². The molecule has 0 spiro atoms. The minimum Gasteiger partial charge on any atom is -0.309 e. The molecule has 1 atom stereocenters. The number of carbonyl (C=O) groups excluding carboxylic acids is 1. The van der Waals surface area contributed by atoms with Crippen molar-refractivity contribution < 1.29 is 4.79 Å². The molecule has 0 amide bonds. The Labute approximate surface area is 83.8 Å². The molecule has 0 radical (unpaired) electrons. The first-order chi connectivity index (χ1) is 5.63. The lowest BCUT2D eigenvalue weighted by molar-refractivity contribution is 0.0987. The lowest BCUT2D eigenvalue weighted by atomic mass is 10.1. The second-order valence-corrected chi connectivity index (χ2v) is 3.57. The van der Waals surface area contributed by atoms with Crippen LogP contribution in [0.2, 0.25) is 0 Å². The van der Waals surface area contributed by atoms with Crippen LogP contribution in [-0.4, -0.2) is 11.3 Å². The fraction of sp³-hybridized carbons (Fsp3) is 0.125. The number of rotatable bonds is 2. The molecule has 2 nitrogen and oxygen atoms in total. The lowest BCUT2D eigenvalue weighted by Crippen LogP contribution is -2.24. The van der Waals surface area contributed by atoms with Crippen LogP contribution < -0.4 is 5.73 Å². The van der Waals surface area contributed by atoms with Crippen LogP contribution in [-0.2, 0) is 0 Å². The highest BCUT2D eigenvalue weighted by molar-refractivity contribution is 9.10. The topological polar surface area (TPSA) is 43.1 Å². The minimum absolute atomic E-state index is 0.274.